The van der Waals surface area contributed by atoms with Crippen molar-refractivity contribution in [2.24, 2.45) is 4.99 Å². The number of carbonyl (C=O) groups is 2. The van der Waals surface area contributed by atoms with Gasteiger partial charge in [0.15, 0.2) is 0 Å². The van der Waals surface area contributed by atoms with E-state index in [1.54, 1.807) is 12.4 Å². The second kappa shape index (κ2) is 5.48. The first kappa shape index (κ1) is 13.9. The maximum atomic E-state index is 12.2. The monoisotopic (exact) mass is 308 g/mol. The van der Waals surface area contributed by atoms with Crippen LogP contribution in [0.4, 0.5) is 0 Å². The summed E-state index contributed by atoms with van der Waals surface area (Å²) in [4.78, 5) is 31.8. The number of benzene rings is 1. The molecule has 1 aromatic heterocycles. The van der Waals surface area contributed by atoms with E-state index in [-0.39, 0.29) is 11.7 Å². The zero-order valence-electron chi connectivity index (χ0n) is 12.4. The van der Waals surface area contributed by atoms with E-state index in [4.69, 9.17) is 0 Å². The Bertz CT molecular complexity index is 856. The van der Waals surface area contributed by atoms with Crippen molar-refractivity contribution in [1.29, 1.82) is 0 Å². The molecule has 6 heteroatoms. The van der Waals surface area contributed by atoms with Crippen LogP contribution in [0.2, 0.25) is 0 Å². The summed E-state index contributed by atoms with van der Waals surface area (Å²) in [5, 5.41) is 6.54. The number of rotatable bonds is 3. The van der Waals surface area contributed by atoms with Gasteiger partial charge in [-0.25, -0.2) is 0 Å². The fourth-order valence-electron chi connectivity index (χ4n) is 3.10. The van der Waals surface area contributed by atoms with E-state index < -0.39 is 11.8 Å². The summed E-state index contributed by atoms with van der Waals surface area (Å²) in [7, 11) is 0. The zero-order chi connectivity index (χ0) is 15.8. The number of fused-ring (bicyclic) bond motifs is 1. The molecule has 0 bridgehead atoms. The van der Waals surface area contributed by atoms with E-state index in [9.17, 15) is 9.59 Å². The third-order valence-corrected chi connectivity index (χ3v) is 4.25. The highest BCUT2D eigenvalue weighted by atomic mass is 16.2. The first-order chi connectivity index (χ1) is 11.2. The largest absolute Gasteiger partial charge is 0.361 e. The van der Waals surface area contributed by atoms with Gasteiger partial charge in [0.05, 0.1) is 5.57 Å². The average molecular weight is 308 g/mol. The molecule has 3 N–H and O–H groups in total. The molecule has 2 amide bonds. The summed E-state index contributed by atoms with van der Waals surface area (Å²) in [6.07, 6.45) is 5.57. The number of aromatic nitrogens is 1. The lowest BCUT2D eigenvalue weighted by Gasteiger charge is -2.02. The van der Waals surface area contributed by atoms with Gasteiger partial charge in [0.25, 0.3) is 11.8 Å². The average Bonchev–Trinajstić information content (AvgIpc) is 3.25. The fraction of sp³-hybridized carbons (Fsp3) is 0.235. The lowest BCUT2D eigenvalue weighted by molar-refractivity contribution is -0.123. The van der Waals surface area contributed by atoms with Gasteiger partial charge >= 0.3 is 0 Å². The number of hydrogen-bond donors (Lipinski definition) is 3. The molecular weight excluding hydrogens is 292 g/mol. The quantitative estimate of drug-likeness (QED) is 0.591. The molecule has 2 aliphatic heterocycles. The van der Waals surface area contributed by atoms with Crippen LogP contribution in [0.3, 0.4) is 0 Å². The first-order valence-corrected chi connectivity index (χ1v) is 7.68. The molecule has 1 fully saturated rings. The van der Waals surface area contributed by atoms with Crippen LogP contribution < -0.4 is 10.6 Å². The molecule has 0 saturated carbocycles. The summed E-state index contributed by atoms with van der Waals surface area (Å²) >= 11 is 0. The van der Waals surface area contributed by atoms with Crippen molar-refractivity contribution in [3.8, 4) is 0 Å². The Hall–Kier alpha value is -2.73. The van der Waals surface area contributed by atoms with Gasteiger partial charge in [-0.3, -0.25) is 19.9 Å². The number of para-hydroxylation sites is 1. The molecule has 1 aromatic carbocycles. The van der Waals surface area contributed by atoms with E-state index in [0.29, 0.717) is 11.1 Å². The number of nitrogens with zero attached hydrogens (tertiary/aromatic N) is 1. The number of imide groups is 1. The minimum absolute atomic E-state index is 0.162. The highest BCUT2D eigenvalue weighted by molar-refractivity contribution is 6.37. The number of H-pyrrole nitrogens is 1. The lowest BCUT2D eigenvalue weighted by atomic mass is 10.0. The molecule has 1 atom stereocenters. The van der Waals surface area contributed by atoms with Crippen LogP contribution in [0.1, 0.15) is 18.4 Å². The van der Waals surface area contributed by atoms with Crippen molar-refractivity contribution >= 4 is 34.5 Å². The van der Waals surface area contributed by atoms with Crippen LogP contribution in [0.25, 0.3) is 16.5 Å². The molecule has 6 nitrogen and oxygen atoms in total. The summed E-state index contributed by atoms with van der Waals surface area (Å²) in [5.41, 5.74) is 2.15. The van der Waals surface area contributed by atoms with Gasteiger partial charge in [-0.05, 0) is 25.5 Å². The SMILES string of the molecule is O=C1NC(=O)C(c2c[nH]c3ccccc23)=C1N=CC1CCCN1. The molecule has 0 spiro atoms. The van der Waals surface area contributed by atoms with Gasteiger partial charge in [0, 0.05) is 34.9 Å². The third kappa shape index (κ3) is 2.37. The van der Waals surface area contributed by atoms with Crippen molar-refractivity contribution < 1.29 is 9.59 Å². The molecule has 116 valence electrons. The second-order valence-electron chi connectivity index (χ2n) is 5.74. The Morgan fingerprint density at radius 1 is 1.17 bits per heavy atom. The second-order valence-corrected chi connectivity index (χ2v) is 5.74. The molecule has 2 aromatic rings. The van der Waals surface area contributed by atoms with Gasteiger partial charge < -0.3 is 10.3 Å². The normalized spacial score (nSPS) is 21.8. The highest BCUT2D eigenvalue weighted by Gasteiger charge is 2.32. The molecule has 0 aliphatic carbocycles. The van der Waals surface area contributed by atoms with E-state index in [1.165, 1.54) is 0 Å². The van der Waals surface area contributed by atoms with Gasteiger partial charge in [-0.2, -0.15) is 0 Å². The molecule has 1 saturated heterocycles. The molecule has 1 unspecified atom stereocenters. The van der Waals surface area contributed by atoms with Gasteiger partial charge in [-0.15, -0.1) is 0 Å². The fourth-order valence-corrected chi connectivity index (χ4v) is 3.10. The summed E-state index contributed by atoms with van der Waals surface area (Å²) in [6, 6.07) is 7.83. The summed E-state index contributed by atoms with van der Waals surface area (Å²) in [5.74, 6) is -0.837. The summed E-state index contributed by atoms with van der Waals surface area (Å²) in [6.45, 7) is 0.955. The van der Waals surface area contributed by atoms with Crippen LogP contribution in [-0.4, -0.2) is 35.6 Å². The van der Waals surface area contributed by atoms with Crippen molar-refractivity contribution in [2.45, 2.75) is 18.9 Å². The Morgan fingerprint density at radius 3 is 2.87 bits per heavy atom. The number of amides is 2. The smallest absolute Gasteiger partial charge is 0.277 e. The Morgan fingerprint density at radius 2 is 2.04 bits per heavy atom. The van der Waals surface area contributed by atoms with Gasteiger partial charge in [0.1, 0.15) is 5.70 Å². The van der Waals surface area contributed by atoms with Crippen molar-refractivity contribution in [2.75, 3.05) is 6.54 Å². The predicted molar refractivity (Wildman–Crippen MR) is 87.9 cm³/mol. The lowest BCUT2D eigenvalue weighted by Crippen LogP contribution is -2.24. The molecule has 3 heterocycles. The van der Waals surface area contributed by atoms with Gasteiger partial charge in [-0.1, -0.05) is 18.2 Å². The topological polar surface area (TPSA) is 86.3 Å². The van der Waals surface area contributed by atoms with Crippen molar-refractivity contribution in [3.63, 3.8) is 0 Å². The number of nitrogens with one attached hydrogen (secondary N) is 3. The number of aromatic amines is 1. The molecule has 2 aliphatic rings. The van der Waals surface area contributed by atoms with Crippen molar-refractivity contribution in [3.05, 3.63) is 41.7 Å². The number of hydrogen-bond acceptors (Lipinski definition) is 4. The van der Waals surface area contributed by atoms with E-state index in [0.717, 1.165) is 30.3 Å². The van der Waals surface area contributed by atoms with E-state index in [1.807, 2.05) is 24.3 Å². The zero-order valence-corrected chi connectivity index (χ0v) is 12.4. The summed E-state index contributed by atoms with van der Waals surface area (Å²) < 4.78 is 0. The van der Waals surface area contributed by atoms with Crippen LogP contribution in [-0.2, 0) is 9.59 Å². The molecule has 0 radical (unpaired) electrons. The Balaban J connectivity index is 1.81. The van der Waals surface area contributed by atoms with Gasteiger partial charge in [0.2, 0.25) is 0 Å². The first-order valence-electron chi connectivity index (χ1n) is 7.68. The van der Waals surface area contributed by atoms with Crippen LogP contribution in [0.5, 0.6) is 0 Å². The maximum Gasteiger partial charge on any atom is 0.277 e. The van der Waals surface area contributed by atoms with Crippen LogP contribution in [0.15, 0.2) is 41.2 Å². The minimum atomic E-state index is -0.440. The van der Waals surface area contributed by atoms with E-state index >= 15 is 0 Å². The third-order valence-electron chi connectivity index (χ3n) is 4.25. The molecular formula is C17H16N4O2. The maximum absolute atomic E-state index is 12.2. The molecule has 4 rings (SSSR count). The molecule has 23 heavy (non-hydrogen) atoms. The minimum Gasteiger partial charge on any atom is -0.361 e. The Labute approximate surface area is 132 Å². The predicted octanol–water partition coefficient (Wildman–Crippen LogP) is 1.36. The Kier molecular flexibility index (Phi) is 3.31. The highest BCUT2D eigenvalue weighted by Crippen LogP contribution is 2.30. The number of carbonyl (C=O) groups excluding carboxylic acids is 2. The standard InChI is InChI=1S/C17H16N4O2/c22-16-14(12-9-19-13-6-2-1-5-11(12)13)15(17(23)21-16)20-8-10-4-3-7-18-10/h1-2,5-6,8-10,18-19H,3-4,7H2,(H,21,22,23). The van der Waals surface area contributed by atoms with Crippen LogP contribution in [0, 0.1) is 0 Å². The van der Waals surface area contributed by atoms with Crippen LogP contribution >= 0.6 is 0 Å². The van der Waals surface area contributed by atoms with Crippen molar-refractivity contribution in [1.82, 2.24) is 15.6 Å². The number of aliphatic imine (C=N–C) groups is 1. The van der Waals surface area contributed by atoms with E-state index in [2.05, 4.69) is 20.6 Å².